The Morgan fingerprint density at radius 2 is 1.65 bits per heavy atom. The van der Waals surface area contributed by atoms with Gasteiger partial charge in [-0.1, -0.05) is 29.8 Å². The first kappa shape index (κ1) is 13.3. The van der Waals surface area contributed by atoms with E-state index >= 15 is 0 Å². The van der Waals surface area contributed by atoms with Crippen molar-refractivity contribution >= 4 is 11.6 Å². The van der Waals surface area contributed by atoms with Gasteiger partial charge in [-0.2, -0.15) is 0 Å². The summed E-state index contributed by atoms with van der Waals surface area (Å²) in [6.45, 7) is 1.83. The van der Waals surface area contributed by atoms with Crippen LogP contribution in [0.15, 0.2) is 36.4 Å². The third kappa shape index (κ3) is 2.60. The molecule has 1 aliphatic heterocycles. The maximum absolute atomic E-state index is 6.21. The molecule has 4 heteroatoms. The van der Waals surface area contributed by atoms with Gasteiger partial charge in [-0.25, -0.2) is 0 Å². The molecule has 2 aromatic carbocycles. The van der Waals surface area contributed by atoms with E-state index in [1.165, 1.54) is 0 Å². The second-order valence-corrected chi connectivity index (χ2v) is 5.13. The summed E-state index contributed by atoms with van der Waals surface area (Å²) in [4.78, 5) is 0. The van der Waals surface area contributed by atoms with Gasteiger partial charge in [0.25, 0.3) is 0 Å². The average molecular weight is 290 g/mol. The maximum atomic E-state index is 6.21. The molecule has 0 saturated carbocycles. The number of rotatable bonds is 2. The van der Waals surface area contributed by atoms with Crippen molar-refractivity contribution in [2.24, 2.45) is 5.73 Å². The number of nitrogens with two attached hydrogens (primary N) is 1. The predicted octanol–water partition coefficient (Wildman–Crippen LogP) is 3.63. The Kier molecular flexibility index (Phi) is 3.81. The molecule has 0 fully saturated rings. The Morgan fingerprint density at radius 3 is 2.40 bits per heavy atom. The molecular weight excluding hydrogens is 274 g/mol. The lowest BCUT2D eigenvalue weighted by molar-refractivity contribution is 0.297. The van der Waals surface area contributed by atoms with Crippen LogP contribution in [0, 0.1) is 0 Å². The number of fused-ring (bicyclic) bond motifs is 1. The van der Waals surface area contributed by atoms with Crippen LogP contribution in [-0.2, 0) is 6.54 Å². The molecule has 2 aromatic rings. The molecule has 1 heterocycles. The lowest BCUT2D eigenvalue weighted by Gasteiger charge is -2.10. The van der Waals surface area contributed by atoms with Crippen molar-refractivity contribution in [1.82, 2.24) is 0 Å². The van der Waals surface area contributed by atoms with Crippen LogP contribution in [0.3, 0.4) is 0 Å². The highest BCUT2D eigenvalue weighted by Gasteiger charge is 2.12. The van der Waals surface area contributed by atoms with Crippen molar-refractivity contribution in [3.8, 4) is 22.6 Å². The molecule has 0 radical (unpaired) electrons. The molecule has 2 N–H and O–H groups in total. The number of ether oxygens (including phenoxy) is 2. The van der Waals surface area contributed by atoms with Crippen molar-refractivity contribution in [2.45, 2.75) is 13.0 Å². The third-order valence-corrected chi connectivity index (χ3v) is 3.71. The van der Waals surface area contributed by atoms with Crippen molar-refractivity contribution in [1.29, 1.82) is 0 Å². The molecule has 0 amide bonds. The molecule has 3 nitrogen and oxygen atoms in total. The molecule has 0 bridgehead atoms. The number of halogens is 1. The van der Waals surface area contributed by atoms with Crippen LogP contribution in [0.5, 0.6) is 11.5 Å². The van der Waals surface area contributed by atoms with E-state index in [-0.39, 0.29) is 0 Å². The van der Waals surface area contributed by atoms with E-state index in [0.717, 1.165) is 34.6 Å². The fourth-order valence-electron chi connectivity index (χ4n) is 2.24. The molecule has 0 spiro atoms. The highest BCUT2D eigenvalue weighted by atomic mass is 35.5. The van der Waals surface area contributed by atoms with Crippen LogP contribution >= 0.6 is 11.6 Å². The Bertz CT molecular complexity index is 628. The lowest BCUT2D eigenvalue weighted by atomic mass is 10.0. The third-order valence-electron chi connectivity index (χ3n) is 3.35. The minimum absolute atomic E-state index is 0.445. The van der Waals surface area contributed by atoms with Crippen molar-refractivity contribution in [2.75, 3.05) is 13.2 Å². The van der Waals surface area contributed by atoms with Crippen molar-refractivity contribution < 1.29 is 9.47 Å². The van der Waals surface area contributed by atoms with Gasteiger partial charge in [0.05, 0.1) is 13.2 Å². The zero-order chi connectivity index (χ0) is 13.9. The second kappa shape index (κ2) is 5.73. The molecule has 0 atom stereocenters. The van der Waals surface area contributed by atoms with Gasteiger partial charge in [0.15, 0.2) is 11.5 Å². The van der Waals surface area contributed by atoms with E-state index in [1.54, 1.807) is 0 Å². The van der Waals surface area contributed by atoms with Gasteiger partial charge in [0.2, 0.25) is 0 Å². The van der Waals surface area contributed by atoms with Crippen LogP contribution in [0.25, 0.3) is 11.1 Å². The summed E-state index contributed by atoms with van der Waals surface area (Å²) in [6.07, 6.45) is 0.904. The van der Waals surface area contributed by atoms with Gasteiger partial charge >= 0.3 is 0 Å². The van der Waals surface area contributed by atoms with E-state index in [4.69, 9.17) is 26.8 Å². The van der Waals surface area contributed by atoms with Gasteiger partial charge < -0.3 is 15.2 Å². The first-order chi connectivity index (χ1) is 9.78. The average Bonchev–Trinajstić information content (AvgIpc) is 2.71. The highest BCUT2D eigenvalue weighted by Crippen LogP contribution is 2.35. The number of hydrogen-bond donors (Lipinski definition) is 1. The number of hydrogen-bond acceptors (Lipinski definition) is 3. The summed E-state index contributed by atoms with van der Waals surface area (Å²) in [5.74, 6) is 1.59. The molecule has 0 saturated heterocycles. The van der Waals surface area contributed by atoms with Crippen molar-refractivity contribution in [3.05, 3.63) is 47.0 Å². The Hall–Kier alpha value is -1.71. The molecule has 0 unspecified atom stereocenters. The normalized spacial score (nSPS) is 13.9. The van der Waals surface area contributed by atoms with Gasteiger partial charge in [0.1, 0.15) is 0 Å². The fraction of sp³-hybridized carbons (Fsp3) is 0.250. The van der Waals surface area contributed by atoms with E-state index in [0.29, 0.717) is 24.8 Å². The second-order valence-electron chi connectivity index (χ2n) is 4.72. The molecule has 0 aromatic heterocycles. The van der Waals surface area contributed by atoms with E-state index in [9.17, 15) is 0 Å². The van der Waals surface area contributed by atoms with Crippen LogP contribution in [-0.4, -0.2) is 13.2 Å². The maximum Gasteiger partial charge on any atom is 0.161 e. The predicted molar refractivity (Wildman–Crippen MR) is 80.4 cm³/mol. The van der Waals surface area contributed by atoms with E-state index < -0.39 is 0 Å². The molecule has 0 aliphatic carbocycles. The van der Waals surface area contributed by atoms with Crippen molar-refractivity contribution in [3.63, 3.8) is 0 Å². The lowest BCUT2D eigenvalue weighted by Crippen LogP contribution is -1.97. The quantitative estimate of drug-likeness (QED) is 0.918. The highest BCUT2D eigenvalue weighted by molar-refractivity contribution is 6.31. The first-order valence-corrected chi connectivity index (χ1v) is 7.04. The smallest absolute Gasteiger partial charge is 0.161 e. The SMILES string of the molecule is NCc1ccc(-c2ccc3c(c2)OCCCO3)cc1Cl. The fourth-order valence-corrected chi connectivity index (χ4v) is 2.49. The van der Waals surface area contributed by atoms with Gasteiger partial charge in [0, 0.05) is 18.0 Å². The molecule has 3 rings (SSSR count). The minimum Gasteiger partial charge on any atom is -0.490 e. The summed E-state index contributed by atoms with van der Waals surface area (Å²) in [5.41, 5.74) is 8.68. The largest absolute Gasteiger partial charge is 0.490 e. The van der Waals surface area contributed by atoms with Gasteiger partial charge in [-0.3, -0.25) is 0 Å². The summed E-state index contributed by atoms with van der Waals surface area (Å²) < 4.78 is 11.3. The van der Waals surface area contributed by atoms with Crippen LogP contribution in [0.4, 0.5) is 0 Å². The standard InChI is InChI=1S/C16H16ClNO2/c17-14-8-11(2-3-13(14)10-18)12-4-5-15-16(9-12)20-7-1-6-19-15/h2-5,8-9H,1,6-7,10,18H2. The zero-order valence-corrected chi connectivity index (χ0v) is 11.8. The van der Waals surface area contributed by atoms with E-state index in [2.05, 4.69) is 0 Å². The van der Waals surface area contributed by atoms with Gasteiger partial charge in [-0.15, -0.1) is 0 Å². The molecule has 1 aliphatic rings. The summed E-state index contributed by atoms with van der Waals surface area (Å²) in [7, 11) is 0. The molecule has 20 heavy (non-hydrogen) atoms. The van der Waals surface area contributed by atoms with Crippen LogP contribution < -0.4 is 15.2 Å². The summed E-state index contributed by atoms with van der Waals surface area (Å²) in [6, 6.07) is 11.9. The van der Waals surface area contributed by atoms with Gasteiger partial charge in [-0.05, 0) is 34.9 Å². The topological polar surface area (TPSA) is 44.5 Å². The minimum atomic E-state index is 0.445. The Labute approximate surface area is 123 Å². The first-order valence-electron chi connectivity index (χ1n) is 6.66. The van der Waals surface area contributed by atoms with Crippen LogP contribution in [0.1, 0.15) is 12.0 Å². The number of benzene rings is 2. The zero-order valence-electron chi connectivity index (χ0n) is 11.1. The Morgan fingerprint density at radius 1 is 0.950 bits per heavy atom. The monoisotopic (exact) mass is 289 g/mol. The van der Waals surface area contributed by atoms with Crippen LogP contribution in [0.2, 0.25) is 5.02 Å². The molecular formula is C16H16ClNO2. The summed E-state index contributed by atoms with van der Waals surface area (Å²) in [5, 5.41) is 0.692. The molecule has 104 valence electrons. The van der Waals surface area contributed by atoms with E-state index in [1.807, 2.05) is 36.4 Å². The Balaban J connectivity index is 1.98. The summed E-state index contributed by atoms with van der Waals surface area (Å²) >= 11 is 6.21.